The molecule has 4 atom stereocenters. The number of fused-ring (bicyclic) bond motifs is 2. The van der Waals surface area contributed by atoms with Gasteiger partial charge in [-0.05, 0) is 67.3 Å². The summed E-state index contributed by atoms with van der Waals surface area (Å²) in [6.45, 7) is 8.46. The van der Waals surface area contributed by atoms with Crippen molar-refractivity contribution in [3.05, 3.63) is 52.3 Å². The largest absolute Gasteiger partial charge is 0.462 e. The number of hydrogen-bond donors (Lipinski definition) is 0. The maximum Gasteiger partial charge on any atom is 0.313 e. The Morgan fingerprint density at radius 2 is 1.97 bits per heavy atom. The summed E-state index contributed by atoms with van der Waals surface area (Å²) in [4.78, 5) is 30.0. The summed E-state index contributed by atoms with van der Waals surface area (Å²) >= 11 is 0. The number of aromatic nitrogens is 1. The summed E-state index contributed by atoms with van der Waals surface area (Å²) in [5.41, 5.74) is 1.41. The highest BCUT2D eigenvalue weighted by Crippen LogP contribution is 2.36. The van der Waals surface area contributed by atoms with Gasteiger partial charge in [0, 0.05) is 6.20 Å². The minimum Gasteiger partial charge on any atom is -0.462 e. The number of pyridine rings is 1. The molecule has 1 aliphatic carbocycles. The van der Waals surface area contributed by atoms with Gasteiger partial charge in [0.1, 0.15) is 11.7 Å². The number of hydrogen-bond acceptors (Lipinski definition) is 5. The molecule has 1 fully saturated rings. The van der Waals surface area contributed by atoms with Crippen molar-refractivity contribution < 1.29 is 13.9 Å². The average molecular weight is 408 g/mol. The second kappa shape index (κ2) is 8.21. The molecule has 0 radical (unpaired) electrons. The highest BCUT2D eigenvalue weighted by molar-refractivity contribution is 5.89. The van der Waals surface area contributed by atoms with Crippen LogP contribution in [0.15, 0.2) is 45.7 Å². The third-order valence-electron chi connectivity index (χ3n) is 6.55. The van der Waals surface area contributed by atoms with Crippen LogP contribution in [0.1, 0.15) is 58.4 Å². The molecule has 5 heteroatoms. The van der Waals surface area contributed by atoms with Crippen LogP contribution in [-0.4, -0.2) is 17.1 Å². The molecule has 0 amide bonds. The molecule has 3 aromatic rings. The Morgan fingerprint density at radius 1 is 1.17 bits per heavy atom. The summed E-state index contributed by atoms with van der Waals surface area (Å²) in [6, 6.07) is 8.74. The van der Waals surface area contributed by atoms with Gasteiger partial charge in [-0.3, -0.25) is 9.59 Å². The standard InChI is InChI=1S/C25H29NO4/c1-14(2)18-9-7-15(3)12-22(18)30-25(28)16(4)17-8-10-21-20(13-17)23(27)19-6-5-11-26-24(19)29-21/h5-6,8,10-11,13-16,18,22H,7,9,12H2,1-4H3. The van der Waals surface area contributed by atoms with Crippen molar-refractivity contribution in [3.8, 4) is 0 Å². The monoisotopic (exact) mass is 407 g/mol. The SMILES string of the molecule is CC1CCC(C(C)C)C(OC(=O)C(C)c2ccc3oc4ncccc4c(=O)c3c2)C1. The van der Waals surface area contributed by atoms with Gasteiger partial charge in [0.2, 0.25) is 11.1 Å². The second-order valence-electron chi connectivity index (χ2n) is 9.07. The first-order chi connectivity index (χ1) is 14.3. The zero-order chi connectivity index (χ0) is 21.4. The van der Waals surface area contributed by atoms with Gasteiger partial charge in [-0.25, -0.2) is 4.98 Å². The maximum atomic E-state index is 13.0. The molecule has 30 heavy (non-hydrogen) atoms. The number of benzene rings is 1. The number of nitrogens with zero attached hydrogens (tertiary/aromatic N) is 1. The molecule has 1 saturated carbocycles. The minimum absolute atomic E-state index is 0.0377. The van der Waals surface area contributed by atoms with Gasteiger partial charge in [-0.15, -0.1) is 0 Å². The third kappa shape index (κ3) is 3.85. The fourth-order valence-electron chi connectivity index (χ4n) is 4.62. The van der Waals surface area contributed by atoms with E-state index in [1.165, 1.54) is 6.42 Å². The first kappa shape index (κ1) is 20.6. The third-order valence-corrected chi connectivity index (χ3v) is 6.55. The van der Waals surface area contributed by atoms with Crippen molar-refractivity contribution in [2.24, 2.45) is 17.8 Å². The second-order valence-corrected chi connectivity index (χ2v) is 9.07. The number of esters is 1. The summed E-state index contributed by atoms with van der Waals surface area (Å²) in [5, 5.41) is 0.896. The quantitative estimate of drug-likeness (QED) is 0.425. The summed E-state index contributed by atoms with van der Waals surface area (Å²) in [5.74, 6) is 0.771. The normalized spacial score (nSPS) is 23.0. The van der Waals surface area contributed by atoms with E-state index in [1.54, 1.807) is 30.5 Å². The van der Waals surface area contributed by atoms with Gasteiger partial charge in [0.25, 0.3) is 0 Å². The Hall–Kier alpha value is -2.69. The lowest BCUT2D eigenvalue weighted by atomic mass is 9.75. The van der Waals surface area contributed by atoms with Gasteiger partial charge < -0.3 is 9.15 Å². The van der Waals surface area contributed by atoms with Crippen LogP contribution in [0.25, 0.3) is 22.1 Å². The van der Waals surface area contributed by atoms with E-state index in [9.17, 15) is 9.59 Å². The topological polar surface area (TPSA) is 69.4 Å². The summed E-state index contributed by atoms with van der Waals surface area (Å²) in [7, 11) is 0. The molecule has 0 saturated heterocycles. The van der Waals surface area contributed by atoms with Crippen molar-refractivity contribution in [1.82, 2.24) is 4.98 Å². The van der Waals surface area contributed by atoms with Crippen LogP contribution in [0, 0.1) is 17.8 Å². The average Bonchev–Trinajstić information content (AvgIpc) is 2.73. The van der Waals surface area contributed by atoms with Gasteiger partial charge in [0.15, 0.2) is 0 Å². The Bertz CT molecular complexity index is 1130. The number of rotatable bonds is 4. The first-order valence-corrected chi connectivity index (χ1v) is 10.9. The van der Waals surface area contributed by atoms with Gasteiger partial charge >= 0.3 is 5.97 Å². The molecule has 158 valence electrons. The fourth-order valence-corrected chi connectivity index (χ4v) is 4.62. The van der Waals surface area contributed by atoms with Crippen molar-refractivity contribution in [3.63, 3.8) is 0 Å². The fraction of sp³-hybridized carbons (Fsp3) is 0.480. The highest BCUT2D eigenvalue weighted by atomic mass is 16.5. The molecule has 0 N–H and O–H groups in total. The Labute approximate surface area is 176 Å². The Morgan fingerprint density at radius 3 is 2.73 bits per heavy atom. The van der Waals surface area contributed by atoms with Crippen LogP contribution in [0.2, 0.25) is 0 Å². The van der Waals surface area contributed by atoms with Gasteiger partial charge in [-0.2, -0.15) is 0 Å². The molecule has 0 aliphatic heterocycles. The Kier molecular flexibility index (Phi) is 5.63. The van der Waals surface area contributed by atoms with Crippen molar-refractivity contribution in [2.75, 3.05) is 0 Å². The smallest absolute Gasteiger partial charge is 0.313 e. The van der Waals surface area contributed by atoms with Crippen molar-refractivity contribution in [2.45, 2.75) is 59.0 Å². The van der Waals surface area contributed by atoms with E-state index in [2.05, 4.69) is 25.8 Å². The first-order valence-electron chi connectivity index (χ1n) is 10.9. The zero-order valence-corrected chi connectivity index (χ0v) is 18.1. The van der Waals surface area contributed by atoms with Gasteiger partial charge in [-0.1, -0.05) is 33.3 Å². The molecule has 2 heterocycles. The highest BCUT2D eigenvalue weighted by Gasteiger charge is 2.34. The van der Waals surface area contributed by atoms with Crippen LogP contribution in [0.3, 0.4) is 0 Å². The molecular formula is C25H29NO4. The molecular weight excluding hydrogens is 378 g/mol. The molecule has 0 bridgehead atoms. The molecule has 4 unspecified atom stereocenters. The summed E-state index contributed by atoms with van der Waals surface area (Å²) in [6.07, 6.45) is 4.77. The zero-order valence-electron chi connectivity index (χ0n) is 18.1. The lowest BCUT2D eigenvalue weighted by Crippen LogP contribution is -2.36. The molecule has 1 aliphatic rings. The number of carbonyl (C=O) groups excluding carboxylic acids is 1. The predicted octanol–water partition coefficient (Wildman–Crippen LogP) is 5.45. The van der Waals surface area contributed by atoms with Crippen molar-refractivity contribution >= 4 is 28.0 Å². The molecule has 4 rings (SSSR count). The van der Waals surface area contributed by atoms with Crippen molar-refractivity contribution in [1.29, 1.82) is 0 Å². The van der Waals surface area contributed by atoms with E-state index in [4.69, 9.17) is 9.15 Å². The van der Waals surface area contributed by atoms with Crippen LogP contribution in [0.5, 0.6) is 0 Å². The van der Waals surface area contributed by atoms with Gasteiger partial charge in [0.05, 0.1) is 16.7 Å². The van der Waals surface area contributed by atoms with E-state index >= 15 is 0 Å². The van der Waals surface area contributed by atoms with Crippen LogP contribution < -0.4 is 5.43 Å². The molecule has 5 nitrogen and oxygen atoms in total. The van der Waals surface area contributed by atoms with E-state index in [-0.39, 0.29) is 17.5 Å². The van der Waals surface area contributed by atoms with E-state index in [0.717, 1.165) is 18.4 Å². The number of carbonyl (C=O) groups is 1. The van der Waals surface area contributed by atoms with E-state index in [0.29, 0.717) is 39.8 Å². The molecule has 2 aromatic heterocycles. The number of ether oxygens (including phenoxy) is 1. The lowest BCUT2D eigenvalue weighted by molar-refractivity contribution is -0.157. The minimum atomic E-state index is -0.455. The lowest BCUT2D eigenvalue weighted by Gasteiger charge is -2.37. The van der Waals surface area contributed by atoms with Crippen LogP contribution in [-0.2, 0) is 9.53 Å². The molecule has 0 spiro atoms. The predicted molar refractivity (Wildman–Crippen MR) is 117 cm³/mol. The maximum absolute atomic E-state index is 13.0. The van der Waals surface area contributed by atoms with Crippen LogP contribution >= 0.6 is 0 Å². The summed E-state index contributed by atoms with van der Waals surface area (Å²) < 4.78 is 11.8. The Balaban J connectivity index is 1.61. The molecule has 1 aromatic carbocycles. The van der Waals surface area contributed by atoms with Crippen LogP contribution in [0.4, 0.5) is 0 Å². The van der Waals surface area contributed by atoms with E-state index < -0.39 is 5.92 Å². The van der Waals surface area contributed by atoms with E-state index in [1.807, 2.05) is 13.0 Å².